The monoisotopic (exact) mass is 270 g/mol. The van der Waals surface area contributed by atoms with Crippen molar-refractivity contribution in [2.45, 2.75) is 0 Å². The Balaban J connectivity index is 3.02. The molecule has 7 heteroatoms. The molecule has 3 N–H and O–H groups in total. The molecule has 0 amide bonds. The van der Waals surface area contributed by atoms with E-state index in [2.05, 4.69) is 25.9 Å². The van der Waals surface area contributed by atoms with Crippen LogP contribution >= 0.6 is 15.9 Å². The summed E-state index contributed by atoms with van der Waals surface area (Å²) in [7, 11) is 1.70. The molecule has 0 saturated heterocycles. The molecule has 0 saturated carbocycles. The number of rotatable bonds is 1. The van der Waals surface area contributed by atoms with Gasteiger partial charge in [-0.1, -0.05) is 0 Å². The molecule has 6 nitrogen and oxygen atoms in total. The Kier molecular flexibility index (Phi) is 2.11. The third kappa shape index (κ3) is 1.27. The number of nitrogens with two attached hydrogens (primary N) is 1. The summed E-state index contributed by atoms with van der Waals surface area (Å²) >= 11 is 3.19. The van der Waals surface area contributed by atoms with Gasteiger partial charge in [0.1, 0.15) is 28.0 Å². The zero-order valence-electron chi connectivity index (χ0n) is 7.73. The second-order valence-electron chi connectivity index (χ2n) is 2.99. The number of nitrogen functional groups attached to an aromatic ring is 1. The lowest BCUT2D eigenvalue weighted by Gasteiger charge is -1.96. The summed E-state index contributed by atoms with van der Waals surface area (Å²) < 4.78 is 2.04. The first kappa shape index (κ1) is 9.91. The van der Waals surface area contributed by atoms with Crippen LogP contribution < -0.4 is 5.73 Å². The van der Waals surface area contributed by atoms with Gasteiger partial charge in [-0.25, -0.2) is 14.8 Å². The fourth-order valence-corrected chi connectivity index (χ4v) is 1.98. The number of hydrogen-bond donors (Lipinski definition) is 2. The number of fused-ring (bicyclic) bond motifs is 1. The van der Waals surface area contributed by atoms with Gasteiger partial charge in [0.05, 0.1) is 5.39 Å². The van der Waals surface area contributed by atoms with E-state index in [9.17, 15) is 4.79 Å². The van der Waals surface area contributed by atoms with Crippen LogP contribution in [0.2, 0.25) is 0 Å². The molecular weight excluding hydrogens is 264 g/mol. The molecule has 0 fully saturated rings. The highest BCUT2D eigenvalue weighted by Gasteiger charge is 2.22. The molecule has 0 radical (unpaired) electrons. The molecule has 0 aliphatic heterocycles. The molecular formula is C8H7BrN4O2. The molecule has 0 spiro atoms. The number of aryl methyl sites for hydroxylation is 1. The van der Waals surface area contributed by atoms with Gasteiger partial charge >= 0.3 is 5.97 Å². The van der Waals surface area contributed by atoms with Gasteiger partial charge in [0, 0.05) is 7.05 Å². The molecule has 2 rings (SSSR count). The van der Waals surface area contributed by atoms with Gasteiger partial charge < -0.3 is 15.4 Å². The van der Waals surface area contributed by atoms with Crippen LogP contribution in [0.5, 0.6) is 0 Å². The highest BCUT2D eigenvalue weighted by Crippen LogP contribution is 2.30. The largest absolute Gasteiger partial charge is 0.478 e. The number of halogens is 1. The summed E-state index contributed by atoms with van der Waals surface area (Å²) in [6.07, 6.45) is 1.30. The van der Waals surface area contributed by atoms with Gasteiger partial charge in [-0.05, 0) is 15.9 Å². The Morgan fingerprint density at radius 1 is 1.60 bits per heavy atom. The fourth-order valence-electron chi connectivity index (χ4n) is 1.44. The third-order valence-corrected chi connectivity index (χ3v) is 3.07. The number of hydrogen-bond acceptors (Lipinski definition) is 4. The average Bonchev–Trinajstić information content (AvgIpc) is 2.43. The number of nitrogens with zero attached hydrogens (tertiary/aromatic N) is 3. The summed E-state index contributed by atoms with van der Waals surface area (Å²) in [5.74, 6) is -0.896. The minimum atomic E-state index is -1.06. The van der Waals surface area contributed by atoms with Crippen molar-refractivity contribution in [2.24, 2.45) is 7.05 Å². The maximum atomic E-state index is 11.0. The van der Waals surface area contributed by atoms with E-state index in [0.717, 1.165) is 0 Å². The van der Waals surface area contributed by atoms with E-state index in [0.29, 0.717) is 15.6 Å². The van der Waals surface area contributed by atoms with Crippen LogP contribution in [-0.4, -0.2) is 25.6 Å². The number of aromatic carboxylic acids is 1. The van der Waals surface area contributed by atoms with Crippen molar-refractivity contribution in [3.63, 3.8) is 0 Å². The van der Waals surface area contributed by atoms with Crippen LogP contribution in [0.4, 0.5) is 5.82 Å². The maximum absolute atomic E-state index is 11.0. The lowest BCUT2D eigenvalue weighted by molar-refractivity contribution is 0.0697. The molecule has 78 valence electrons. The van der Waals surface area contributed by atoms with Gasteiger partial charge in [-0.3, -0.25) is 0 Å². The van der Waals surface area contributed by atoms with Crippen LogP contribution in [0.3, 0.4) is 0 Å². The van der Waals surface area contributed by atoms with Crippen molar-refractivity contribution in [1.29, 1.82) is 0 Å². The molecule has 0 aliphatic rings. The van der Waals surface area contributed by atoms with E-state index in [1.165, 1.54) is 6.33 Å². The van der Waals surface area contributed by atoms with Crippen LogP contribution in [-0.2, 0) is 7.05 Å². The van der Waals surface area contributed by atoms with Crippen molar-refractivity contribution in [2.75, 3.05) is 5.73 Å². The van der Waals surface area contributed by atoms with E-state index in [-0.39, 0.29) is 11.4 Å². The summed E-state index contributed by atoms with van der Waals surface area (Å²) in [6, 6.07) is 0. The number of aromatic nitrogens is 3. The second kappa shape index (κ2) is 3.20. The Morgan fingerprint density at radius 3 is 2.87 bits per heavy atom. The minimum absolute atomic E-state index is 0.0885. The topological polar surface area (TPSA) is 94.0 Å². The van der Waals surface area contributed by atoms with Crippen molar-refractivity contribution in [3.05, 3.63) is 16.5 Å². The molecule has 15 heavy (non-hydrogen) atoms. The third-order valence-electron chi connectivity index (χ3n) is 2.14. The Hall–Kier alpha value is -1.63. The SMILES string of the molecule is Cn1c(Br)c(C(=O)O)c2c(N)ncnc21. The van der Waals surface area contributed by atoms with E-state index in [1.807, 2.05) is 0 Å². The van der Waals surface area contributed by atoms with Gasteiger partial charge in [0.25, 0.3) is 0 Å². The van der Waals surface area contributed by atoms with E-state index in [4.69, 9.17) is 10.8 Å². The number of carboxylic acid groups (broad SMARTS) is 1. The highest BCUT2D eigenvalue weighted by molar-refractivity contribution is 9.10. The molecule has 0 unspecified atom stereocenters. The van der Waals surface area contributed by atoms with Crippen molar-refractivity contribution in [1.82, 2.24) is 14.5 Å². The molecule has 0 bridgehead atoms. The van der Waals surface area contributed by atoms with E-state index in [1.54, 1.807) is 11.6 Å². The predicted molar refractivity (Wildman–Crippen MR) is 57.6 cm³/mol. The summed E-state index contributed by atoms with van der Waals surface area (Å²) in [5, 5.41) is 9.41. The Labute approximate surface area is 92.9 Å². The second-order valence-corrected chi connectivity index (χ2v) is 3.74. The first-order valence-electron chi connectivity index (χ1n) is 4.01. The molecule has 0 atom stereocenters. The average molecular weight is 271 g/mol. The van der Waals surface area contributed by atoms with Crippen LogP contribution in [0, 0.1) is 0 Å². The van der Waals surface area contributed by atoms with E-state index >= 15 is 0 Å². The first-order valence-corrected chi connectivity index (χ1v) is 4.81. The first-order chi connectivity index (χ1) is 7.04. The molecule has 2 aromatic rings. The Bertz CT molecular complexity index is 563. The maximum Gasteiger partial charge on any atom is 0.339 e. The lowest BCUT2D eigenvalue weighted by Crippen LogP contribution is -1.99. The van der Waals surface area contributed by atoms with Gasteiger partial charge in [0.15, 0.2) is 0 Å². The van der Waals surface area contributed by atoms with Crippen molar-refractivity contribution in [3.8, 4) is 0 Å². The fraction of sp³-hybridized carbons (Fsp3) is 0.125. The molecule has 2 heterocycles. The predicted octanol–water partition coefficient (Wildman–Crippen LogP) is 1.01. The summed E-state index contributed by atoms with van der Waals surface area (Å²) in [6.45, 7) is 0. The normalized spacial score (nSPS) is 10.8. The van der Waals surface area contributed by atoms with Crippen LogP contribution in [0.25, 0.3) is 11.0 Å². The van der Waals surface area contributed by atoms with Gasteiger partial charge in [-0.15, -0.1) is 0 Å². The smallest absolute Gasteiger partial charge is 0.339 e. The molecule has 2 aromatic heterocycles. The standard InChI is InChI=1S/C8H7BrN4O2/c1-13-5(9)3(8(14)15)4-6(10)11-2-12-7(4)13/h2H,1H3,(H,14,15)(H2,10,11,12). The summed E-state index contributed by atoms with van der Waals surface area (Å²) in [4.78, 5) is 18.8. The number of carboxylic acids is 1. The van der Waals surface area contributed by atoms with Crippen molar-refractivity contribution < 1.29 is 9.90 Å². The summed E-state index contributed by atoms with van der Waals surface area (Å²) in [5.41, 5.74) is 6.21. The van der Waals surface area contributed by atoms with Gasteiger partial charge in [0.2, 0.25) is 0 Å². The molecule has 0 aliphatic carbocycles. The quantitative estimate of drug-likeness (QED) is 0.807. The van der Waals surface area contributed by atoms with Crippen LogP contribution in [0.1, 0.15) is 10.4 Å². The van der Waals surface area contributed by atoms with E-state index < -0.39 is 5.97 Å². The lowest BCUT2D eigenvalue weighted by atomic mass is 10.2. The minimum Gasteiger partial charge on any atom is -0.478 e. The van der Waals surface area contributed by atoms with Gasteiger partial charge in [-0.2, -0.15) is 0 Å². The van der Waals surface area contributed by atoms with Crippen LogP contribution in [0.15, 0.2) is 10.9 Å². The number of anilines is 1. The highest BCUT2D eigenvalue weighted by atomic mass is 79.9. The zero-order valence-corrected chi connectivity index (χ0v) is 9.32. The zero-order chi connectivity index (χ0) is 11.2. The molecule has 0 aromatic carbocycles. The number of carbonyl (C=O) groups is 1. The van der Waals surface area contributed by atoms with Crippen molar-refractivity contribution >= 4 is 38.8 Å². The Morgan fingerprint density at radius 2 is 2.27 bits per heavy atom.